The smallest absolute Gasteiger partial charge is 0.416 e. The Morgan fingerprint density at radius 2 is 1.49 bits per heavy atom. The monoisotopic (exact) mass is 667 g/mol. The Morgan fingerprint density at radius 3 is 2.00 bits per heavy atom. The number of carboxylic acids is 1. The van der Waals surface area contributed by atoms with Crippen molar-refractivity contribution in [1.82, 2.24) is 15.5 Å². The van der Waals surface area contributed by atoms with Crippen LogP contribution >= 0.6 is 35.3 Å². The van der Waals surface area contributed by atoms with Crippen LogP contribution in [-0.4, -0.2) is 57.7 Å². The number of hydrogen-bond acceptors (Lipinski definition) is 7. The number of halogens is 6. The second kappa shape index (κ2) is 12.7. The van der Waals surface area contributed by atoms with Crippen molar-refractivity contribution in [3.05, 3.63) is 50.1 Å². The molecule has 0 atom stereocenters. The van der Waals surface area contributed by atoms with Gasteiger partial charge in [-0.3, -0.25) is 24.1 Å². The van der Waals surface area contributed by atoms with E-state index >= 15 is 0 Å². The van der Waals surface area contributed by atoms with Crippen LogP contribution in [0.2, 0.25) is 0 Å². The number of benzene rings is 1. The molecular weight excluding hydrogens is 644 g/mol. The molecule has 232 valence electrons. The van der Waals surface area contributed by atoms with Gasteiger partial charge in [0.25, 0.3) is 5.91 Å². The van der Waals surface area contributed by atoms with Gasteiger partial charge in [0.2, 0.25) is 11.8 Å². The van der Waals surface area contributed by atoms with Gasteiger partial charge in [-0.2, -0.15) is 26.3 Å². The number of carboxylic acid groups (broad SMARTS) is 1. The quantitative estimate of drug-likeness (QED) is 0.200. The third kappa shape index (κ3) is 8.79. The van der Waals surface area contributed by atoms with Crippen LogP contribution in [0.1, 0.15) is 41.7 Å². The summed E-state index contributed by atoms with van der Waals surface area (Å²) in [6.45, 7) is 3.48. The number of thiocarbonyl (C=S) groups is 1. The zero-order valence-electron chi connectivity index (χ0n) is 22.5. The van der Waals surface area contributed by atoms with Crippen molar-refractivity contribution >= 4 is 69.4 Å². The second-order valence-electron chi connectivity index (χ2n) is 10.2. The third-order valence-electron chi connectivity index (χ3n) is 5.66. The lowest BCUT2D eigenvalue weighted by Gasteiger charge is -2.20. The van der Waals surface area contributed by atoms with Gasteiger partial charge in [0.1, 0.15) is 17.4 Å². The van der Waals surface area contributed by atoms with Crippen LogP contribution in [0, 0.1) is 0 Å². The highest BCUT2D eigenvalue weighted by atomic mass is 32.2. The number of nitrogens with zero attached hydrogens (tertiary/aromatic N) is 1. The Balaban J connectivity index is 1.91. The molecule has 1 fully saturated rings. The molecular formula is C26H23F6N3O5S3. The van der Waals surface area contributed by atoms with Crippen molar-refractivity contribution in [2.75, 3.05) is 19.6 Å². The van der Waals surface area contributed by atoms with Gasteiger partial charge < -0.3 is 15.7 Å². The zero-order chi connectivity index (χ0) is 32.5. The van der Waals surface area contributed by atoms with E-state index in [2.05, 4.69) is 5.32 Å². The number of rotatable bonds is 8. The van der Waals surface area contributed by atoms with Crippen LogP contribution in [0.25, 0.3) is 17.2 Å². The van der Waals surface area contributed by atoms with Crippen LogP contribution in [0.15, 0.2) is 29.2 Å². The molecule has 1 aromatic heterocycles. The van der Waals surface area contributed by atoms with E-state index in [4.69, 9.17) is 17.3 Å². The molecule has 1 aliphatic rings. The summed E-state index contributed by atoms with van der Waals surface area (Å²) >= 11 is 7.11. The van der Waals surface area contributed by atoms with Crippen molar-refractivity contribution in [2.45, 2.75) is 38.5 Å². The maximum absolute atomic E-state index is 13.5. The first-order valence-corrected chi connectivity index (χ1v) is 14.2. The summed E-state index contributed by atoms with van der Waals surface area (Å²) in [5.41, 5.74) is -3.77. The average Bonchev–Trinajstić information content (AvgIpc) is 3.42. The molecule has 2 heterocycles. The van der Waals surface area contributed by atoms with E-state index in [9.17, 15) is 45.5 Å². The summed E-state index contributed by atoms with van der Waals surface area (Å²) in [7, 11) is 0. The molecule has 0 radical (unpaired) electrons. The normalized spacial score (nSPS) is 15.3. The molecule has 2 aromatic rings. The highest BCUT2D eigenvalue weighted by molar-refractivity contribution is 8.26. The largest absolute Gasteiger partial charge is 0.480 e. The number of amides is 3. The maximum atomic E-state index is 13.5. The minimum atomic E-state index is -5.03. The molecule has 3 amide bonds. The summed E-state index contributed by atoms with van der Waals surface area (Å²) < 4.78 is 81.1. The Bertz CT molecular complexity index is 1480. The number of thiophene rings is 1. The summed E-state index contributed by atoms with van der Waals surface area (Å²) in [6, 6.07) is 2.75. The van der Waals surface area contributed by atoms with Gasteiger partial charge in [-0.15, -0.1) is 11.3 Å². The van der Waals surface area contributed by atoms with Gasteiger partial charge >= 0.3 is 18.3 Å². The standard InChI is InChI=1S/C26H23F6N3O5S3/c1-24(2,3)21-16(12-4-13(25(27,28)29)6-14(5-12)26(30,31)32)7-15(42-21)8-17-22(40)35(23(41)43-17)11-19(37)33-9-18(36)34-10-20(38)39/h4-8H,9-11H2,1-3H3,(H,33,37)(H,34,36)(H,38,39). The van der Waals surface area contributed by atoms with Crippen molar-refractivity contribution in [3.63, 3.8) is 0 Å². The molecule has 1 saturated heterocycles. The van der Waals surface area contributed by atoms with E-state index in [1.807, 2.05) is 5.32 Å². The van der Waals surface area contributed by atoms with Crippen LogP contribution in [0.4, 0.5) is 26.3 Å². The van der Waals surface area contributed by atoms with E-state index in [0.717, 1.165) is 28.0 Å². The minimum Gasteiger partial charge on any atom is -0.480 e. The van der Waals surface area contributed by atoms with E-state index in [0.29, 0.717) is 21.9 Å². The van der Waals surface area contributed by atoms with Gasteiger partial charge in [-0.25, -0.2) is 0 Å². The van der Waals surface area contributed by atoms with Gasteiger partial charge in [-0.05, 0) is 46.9 Å². The first-order chi connectivity index (χ1) is 19.7. The third-order valence-corrected chi connectivity index (χ3v) is 8.55. The van der Waals surface area contributed by atoms with Crippen molar-refractivity contribution < 1.29 is 50.6 Å². The minimum absolute atomic E-state index is 0.00208. The van der Waals surface area contributed by atoms with E-state index in [1.165, 1.54) is 12.1 Å². The van der Waals surface area contributed by atoms with Crippen molar-refractivity contribution in [1.29, 1.82) is 0 Å². The number of carbonyl (C=O) groups excluding carboxylic acids is 3. The van der Waals surface area contributed by atoms with Crippen LogP contribution in [0.3, 0.4) is 0 Å². The fourth-order valence-electron chi connectivity index (χ4n) is 3.74. The maximum Gasteiger partial charge on any atom is 0.416 e. The number of carbonyl (C=O) groups is 4. The molecule has 8 nitrogen and oxygen atoms in total. The summed E-state index contributed by atoms with van der Waals surface area (Å²) in [5.74, 6) is -3.49. The fourth-order valence-corrected chi connectivity index (χ4v) is 6.25. The topological polar surface area (TPSA) is 116 Å². The van der Waals surface area contributed by atoms with Gasteiger partial charge in [0.05, 0.1) is 22.6 Å². The molecule has 17 heteroatoms. The molecule has 1 aliphatic heterocycles. The summed E-state index contributed by atoms with van der Waals surface area (Å²) in [4.78, 5) is 49.2. The van der Waals surface area contributed by atoms with Crippen molar-refractivity contribution in [2.24, 2.45) is 0 Å². The molecule has 43 heavy (non-hydrogen) atoms. The molecule has 0 aliphatic carbocycles. The number of thioether (sulfide) groups is 1. The van der Waals surface area contributed by atoms with Crippen molar-refractivity contribution in [3.8, 4) is 11.1 Å². The number of alkyl halides is 6. The van der Waals surface area contributed by atoms with E-state index in [1.54, 1.807) is 20.8 Å². The first-order valence-electron chi connectivity index (χ1n) is 12.1. The molecule has 3 rings (SSSR count). The van der Waals surface area contributed by atoms with Crippen LogP contribution < -0.4 is 10.6 Å². The van der Waals surface area contributed by atoms with Gasteiger partial charge in [-0.1, -0.05) is 44.8 Å². The number of hydrogen-bond donors (Lipinski definition) is 3. The lowest BCUT2D eigenvalue weighted by Crippen LogP contribution is -2.44. The lowest BCUT2D eigenvalue weighted by molar-refractivity contribution is -0.143. The predicted octanol–water partition coefficient (Wildman–Crippen LogP) is 5.27. The number of nitrogens with one attached hydrogen (secondary N) is 2. The highest BCUT2D eigenvalue weighted by Gasteiger charge is 2.38. The molecule has 0 unspecified atom stereocenters. The molecule has 0 bridgehead atoms. The Morgan fingerprint density at radius 1 is 0.930 bits per heavy atom. The van der Waals surface area contributed by atoms with Gasteiger partial charge in [0, 0.05) is 9.75 Å². The molecule has 3 N–H and O–H groups in total. The van der Waals surface area contributed by atoms with Crippen LogP contribution in [0.5, 0.6) is 0 Å². The summed E-state index contributed by atoms with van der Waals surface area (Å²) in [5, 5.41) is 12.8. The Kier molecular flexibility index (Phi) is 10.0. The second-order valence-corrected chi connectivity index (χ2v) is 12.9. The van der Waals surface area contributed by atoms with Gasteiger partial charge in [0.15, 0.2) is 0 Å². The highest BCUT2D eigenvalue weighted by Crippen LogP contribution is 2.45. The molecule has 0 saturated carbocycles. The molecule has 1 aromatic carbocycles. The van der Waals surface area contributed by atoms with Crippen LogP contribution in [-0.2, 0) is 36.9 Å². The Hall–Kier alpha value is -3.44. The zero-order valence-corrected chi connectivity index (χ0v) is 25.0. The average molecular weight is 668 g/mol. The molecule has 0 spiro atoms. The fraction of sp³-hybridized carbons (Fsp3) is 0.346. The van der Waals surface area contributed by atoms with E-state index in [-0.39, 0.29) is 26.4 Å². The number of aliphatic carboxylic acids is 1. The van der Waals surface area contributed by atoms with E-state index < -0.39 is 72.2 Å². The first kappa shape index (κ1) is 34.1. The summed E-state index contributed by atoms with van der Waals surface area (Å²) in [6.07, 6.45) is -8.67. The SMILES string of the molecule is CC(C)(C)c1sc(C=C2SC(=S)N(CC(=O)NCC(=O)NCC(=O)O)C2=O)cc1-c1cc(C(F)(F)F)cc(C(F)(F)F)c1. The lowest BCUT2D eigenvalue weighted by atomic mass is 9.88. The Labute approximate surface area is 254 Å². The predicted molar refractivity (Wildman–Crippen MR) is 152 cm³/mol.